The summed E-state index contributed by atoms with van der Waals surface area (Å²) in [4.78, 5) is 0. The first kappa shape index (κ1) is 12.0. The zero-order chi connectivity index (χ0) is 12.3. The van der Waals surface area contributed by atoms with Gasteiger partial charge in [0.25, 0.3) is 0 Å². The van der Waals surface area contributed by atoms with Gasteiger partial charge >= 0.3 is 0 Å². The molecule has 0 aliphatic rings. The van der Waals surface area contributed by atoms with Crippen LogP contribution in [0.1, 0.15) is 11.1 Å². The molecule has 0 bridgehead atoms. The van der Waals surface area contributed by atoms with E-state index in [1.54, 1.807) is 12.1 Å². The molecule has 2 nitrogen and oxygen atoms in total. The molecule has 2 aromatic carbocycles. The number of rotatable bonds is 2. The van der Waals surface area contributed by atoms with Crippen LogP contribution in [-0.2, 0) is 0 Å². The standard InChI is InChI=1S/C14H11IO2/c15-13-4-2-1-3-10(13)5-6-11-7-8-12(16)9-14(11)17/h1-9,16-17H/b6-5+. The van der Waals surface area contributed by atoms with Gasteiger partial charge in [0.15, 0.2) is 0 Å². The summed E-state index contributed by atoms with van der Waals surface area (Å²) < 4.78 is 1.15. The van der Waals surface area contributed by atoms with Gasteiger partial charge in [-0.15, -0.1) is 0 Å². The predicted octanol–water partition coefficient (Wildman–Crippen LogP) is 3.87. The normalized spacial score (nSPS) is 10.9. The highest BCUT2D eigenvalue weighted by Crippen LogP contribution is 2.24. The zero-order valence-electron chi connectivity index (χ0n) is 8.97. The monoisotopic (exact) mass is 338 g/mol. The molecule has 0 spiro atoms. The number of phenols is 2. The van der Waals surface area contributed by atoms with E-state index in [1.807, 2.05) is 36.4 Å². The maximum atomic E-state index is 9.63. The number of aromatic hydroxyl groups is 2. The van der Waals surface area contributed by atoms with Crippen molar-refractivity contribution >= 4 is 34.7 Å². The lowest BCUT2D eigenvalue weighted by Gasteiger charge is -2.00. The largest absolute Gasteiger partial charge is 0.508 e. The molecule has 0 aliphatic heterocycles. The van der Waals surface area contributed by atoms with Gasteiger partial charge in [0.2, 0.25) is 0 Å². The molecule has 86 valence electrons. The van der Waals surface area contributed by atoms with Crippen LogP contribution in [0.2, 0.25) is 0 Å². The highest BCUT2D eigenvalue weighted by Gasteiger charge is 1.99. The molecular formula is C14H11IO2. The van der Waals surface area contributed by atoms with Gasteiger partial charge in [0.1, 0.15) is 11.5 Å². The molecule has 0 fully saturated rings. The van der Waals surface area contributed by atoms with E-state index in [0.29, 0.717) is 5.56 Å². The van der Waals surface area contributed by atoms with Crippen molar-refractivity contribution in [2.75, 3.05) is 0 Å². The van der Waals surface area contributed by atoms with Gasteiger partial charge in [-0.25, -0.2) is 0 Å². The van der Waals surface area contributed by atoms with Crippen molar-refractivity contribution < 1.29 is 10.2 Å². The molecule has 0 radical (unpaired) electrons. The summed E-state index contributed by atoms with van der Waals surface area (Å²) in [5.74, 6) is 0.140. The summed E-state index contributed by atoms with van der Waals surface area (Å²) in [6.45, 7) is 0. The SMILES string of the molecule is Oc1ccc(/C=C/c2ccccc2I)c(O)c1. The van der Waals surface area contributed by atoms with Crippen LogP contribution >= 0.6 is 22.6 Å². The first-order valence-electron chi connectivity index (χ1n) is 5.11. The second-order valence-electron chi connectivity index (χ2n) is 3.60. The topological polar surface area (TPSA) is 40.5 Å². The van der Waals surface area contributed by atoms with Gasteiger partial charge < -0.3 is 10.2 Å². The summed E-state index contributed by atoms with van der Waals surface area (Å²) in [6.07, 6.45) is 3.76. The first-order valence-corrected chi connectivity index (χ1v) is 6.19. The molecular weight excluding hydrogens is 327 g/mol. The fraction of sp³-hybridized carbons (Fsp3) is 0. The summed E-state index contributed by atoms with van der Waals surface area (Å²) in [7, 11) is 0. The Bertz CT molecular complexity index is 562. The van der Waals surface area contributed by atoms with Gasteiger partial charge in [-0.3, -0.25) is 0 Å². The van der Waals surface area contributed by atoms with Crippen molar-refractivity contribution in [1.82, 2.24) is 0 Å². The molecule has 2 aromatic rings. The Kier molecular flexibility index (Phi) is 3.68. The third kappa shape index (κ3) is 3.00. The van der Waals surface area contributed by atoms with Gasteiger partial charge in [0, 0.05) is 15.2 Å². The second kappa shape index (κ2) is 5.23. The van der Waals surface area contributed by atoms with E-state index in [9.17, 15) is 10.2 Å². The Morgan fingerprint density at radius 2 is 1.59 bits per heavy atom. The molecule has 0 heterocycles. The average molecular weight is 338 g/mol. The van der Waals surface area contributed by atoms with Crippen LogP contribution < -0.4 is 0 Å². The van der Waals surface area contributed by atoms with Gasteiger partial charge in [-0.1, -0.05) is 30.4 Å². The van der Waals surface area contributed by atoms with Gasteiger partial charge in [-0.05, 0) is 46.4 Å². The summed E-state index contributed by atoms with van der Waals surface area (Å²) in [5, 5.41) is 18.8. The second-order valence-corrected chi connectivity index (χ2v) is 4.76. The zero-order valence-corrected chi connectivity index (χ0v) is 11.1. The summed E-state index contributed by atoms with van der Waals surface area (Å²) in [5.41, 5.74) is 1.78. The number of benzene rings is 2. The lowest BCUT2D eigenvalue weighted by Crippen LogP contribution is -1.78. The first-order chi connectivity index (χ1) is 8.16. The van der Waals surface area contributed by atoms with E-state index in [4.69, 9.17) is 0 Å². The number of hydrogen-bond donors (Lipinski definition) is 2. The van der Waals surface area contributed by atoms with E-state index in [0.717, 1.165) is 9.13 Å². The van der Waals surface area contributed by atoms with Crippen LogP contribution in [-0.4, -0.2) is 10.2 Å². The minimum absolute atomic E-state index is 0.0638. The Labute approximate surface area is 113 Å². The molecule has 17 heavy (non-hydrogen) atoms. The molecule has 2 N–H and O–H groups in total. The fourth-order valence-corrected chi connectivity index (χ4v) is 2.03. The van der Waals surface area contributed by atoms with Crippen LogP contribution in [0.4, 0.5) is 0 Å². The quantitative estimate of drug-likeness (QED) is 0.645. The minimum Gasteiger partial charge on any atom is -0.508 e. The van der Waals surface area contributed by atoms with Crippen molar-refractivity contribution in [2.24, 2.45) is 0 Å². The fourth-order valence-electron chi connectivity index (χ4n) is 1.46. The van der Waals surface area contributed by atoms with Gasteiger partial charge in [0.05, 0.1) is 0 Å². The molecule has 0 amide bonds. The highest BCUT2D eigenvalue weighted by atomic mass is 127. The summed E-state index contributed by atoms with van der Waals surface area (Å²) >= 11 is 2.26. The third-order valence-corrected chi connectivity index (χ3v) is 3.34. The van der Waals surface area contributed by atoms with Crippen LogP contribution in [0, 0.1) is 3.57 Å². The molecule has 0 unspecified atom stereocenters. The molecule has 0 saturated carbocycles. The van der Waals surface area contributed by atoms with E-state index < -0.39 is 0 Å². The van der Waals surface area contributed by atoms with Crippen molar-refractivity contribution in [3.05, 3.63) is 57.2 Å². The predicted molar refractivity (Wildman–Crippen MR) is 77.9 cm³/mol. The van der Waals surface area contributed by atoms with Crippen LogP contribution in [0.25, 0.3) is 12.2 Å². The summed E-state index contributed by atoms with van der Waals surface area (Å²) in [6, 6.07) is 12.5. The lowest BCUT2D eigenvalue weighted by atomic mass is 10.1. The minimum atomic E-state index is 0.0638. The average Bonchev–Trinajstić information content (AvgIpc) is 2.30. The third-order valence-electron chi connectivity index (χ3n) is 2.36. The Morgan fingerprint density at radius 3 is 2.29 bits per heavy atom. The Morgan fingerprint density at radius 1 is 0.882 bits per heavy atom. The molecule has 0 aliphatic carbocycles. The number of hydrogen-bond acceptors (Lipinski definition) is 2. The lowest BCUT2D eigenvalue weighted by molar-refractivity contribution is 0.450. The van der Waals surface area contributed by atoms with Crippen molar-refractivity contribution in [2.45, 2.75) is 0 Å². The van der Waals surface area contributed by atoms with E-state index in [2.05, 4.69) is 22.6 Å². The van der Waals surface area contributed by atoms with E-state index >= 15 is 0 Å². The van der Waals surface area contributed by atoms with Crippen molar-refractivity contribution in [3.63, 3.8) is 0 Å². The molecule has 0 aromatic heterocycles. The molecule has 2 rings (SSSR count). The molecule has 0 atom stereocenters. The van der Waals surface area contributed by atoms with E-state index in [1.165, 1.54) is 6.07 Å². The van der Waals surface area contributed by atoms with Crippen molar-refractivity contribution in [1.29, 1.82) is 0 Å². The van der Waals surface area contributed by atoms with Crippen LogP contribution in [0.5, 0.6) is 11.5 Å². The molecule has 0 saturated heterocycles. The highest BCUT2D eigenvalue weighted by molar-refractivity contribution is 14.1. The number of halogens is 1. The van der Waals surface area contributed by atoms with Crippen LogP contribution in [0.3, 0.4) is 0 Å². The van der Waals surface area contributed by atoms with Crippen molar-refractivity contribution in [3.8, 4) is 11.5 Å². The molecule has 3 heteroatoms. The van der Waals surface area contributed by atoms with Crippen LogP contribution in [0.15, 0.2) is 42.5 Å². The van der Waals surface area contributed by atoms with E-state index in [-0.39, 0.29) is 11.5 Å². The Hall–Kier alpha value is -1.49. The maximum Gasteiger partial charge on any atom is 0.126 e. The maximum absolute atomic E-state index is 9.63. The Balaban J connectivity index is 2.29. The van der Waals surface area contributed by atoms with Gasteiger partial charge in [-0.2, -0.15) is 0 Å². The number of phenolic OH excluding ortho intramolecular Hbond substituents is 2. The smallest absolute Gasteiger partial charge is 0.126 e.